The van der Waals surface area contributed by atoms with Gasteiger partial charge in [0.2, 0.25) is 11.8 Å². The summed E-state index contributed by atoms with van der Waals surface area (Å²) in [5.74, 6) is 1.91. The molecule has 1 aromatic rings. The van der Waals surface area contributed by atoms with Gasteiger partial charge < -0.3 is 15.4 Å². The standard InChI is InChI=1S/C14H24N4O/c1-10(2)19-13-6-8-16-14(18-13)17-11(3)12-5-4-7-15-9-12/h6,8,10-12,15H,4-5,7,9H2,1-3H3,(H,16,17,18). The van der Waals surface area contributed by atoms with E-state index in [1.807, 2.05) is 13.8 Å². The van der Waals surface area contributed by atoms with E-state index in [9.17, 15) is 0 Å². The summed E-state index contributed by atoms with van der Waals surface area (Å²) in [6.45, 7) is 8.38. The molecule has 0 saturated carbocycles. The number of nitrogens with one attached hydrogen (secondary N) is 2. The van der Waals surface area contributed by atoms with Gasteiger partial charge in [-0.2, -0.15) is 4.98 Å². The molecule has 2 atom stereocenters. The Kier molecular flexibility index (Phi) is 4.96. The molecular weight excluding hydrogens is 240 g/mol. The minimum absolute atomic E-state index is 0.128. The minimum atomic E-state index is 0.128. The van der Waals surface area contributed by atoms with Gasteiger partial charge in [-0.3, -0.25) is 0 Å². The van der Waals surface area contributed by atoms with Gasteiger partial charge in [0.1, 0.15) is 0 Å². The van der Waals surface area contributed by atoms with Crippen molar-refractivity contribution in [1.29, 1.82) is 0 Å². The molecule has 5 nitrogen and oxygen atoms in total. The van der Waals surface area contributed by atoms with E-state index in [1.165, 1.54) is 12.8 Å². The molecule has 0 aliphatic carbocycles. The zero-order chi connectivity index (χ0) is 13.7. The van der Waals surface area contributed by atoms with E-state index < -0.39 is 0 Å². The highest BCUT2D eigenvalue weighted by Crippen LogP contribution is 2.18. The third-order valence-electron chi connectivity index (χ3n) is 3.39. The summed E-state index contributed by atoms with van der Waals surface area (Å²) < 4.78 is 5.58. The first kappa shape index (κ1) is 14.1. The summed E-state index contributed by atoms with van der Waals surface area (Å²) in [5, 5.41) is 6.82. The van der Waals surface area contributed by atoms with Crippen LogP contribution in [0.2, 0.25) is 0 Å². The van der Waals surface area contributed by atoms with Gasteiger partial charge in [0, 0.05) is 18.3 Å². The van der Waals surface area contributed by atoms with E-state index in [4.69, 9.17) is 4.74 Å². The molecule has 1 fully saturated rings. The van der Waals surface area contributed by atoms with E-state index in [1.54, 1.807) is 12.3 Å². The molecule has 2 N–H and O–H groups in total. The lowest BCUT2D eigenvalue weighted by molar-refractivity contribution is 0.232. The zero-order valence-electron chi connectivity index (χ0n) is 12.0. The quantitative estimate of drug-likeness (QED) is 0.852. The zero-order valence-corrected chi connectivity index (χ0v) is 12.0. The Morgan fingerprint density at radius 1 is 1.42 bits per heavy atom. The molecule has 0 aromatic carbocycles. The van der Waals surface area contributed by atoms with Gasteiger partial charge in [0.05, 0.1) is 6.10 Å². The number of rotatable bonds is 5. The summed E-state index contributed by atoms with van der Waals surface area (Å²) in [5.41, 5.74) is 0. The smallest absolute Gasteiger partial charge is 0.226 e. The molecule has 1 saturated heterocycles. The Bertz CT molecular complexity index is 391. The number of ether oxygens (including phenoxy) is 1. The predicted molar refractivity (Wildman–Crippen MR) is 76.5 cm³/mol. The predicted octanol–water partition coefficient (Wildman–Crippen LogP) is 2.06. The molecule has 19 heavy (non-hydrogen) atoms. The van der Waals surface area contributed by atoms with E-state index in [-0.39, 0.29) is 6.10 Å². The maximum Gasteiger partial charge on any atom is 0.226 e. The Morgan fingerprint density at radius 2 is 2.26 bits per heavy atom. The van der Waals surface area contributed by atoms with Crippen LogP contribution in [-0.2, 0) is 0 Å². The maximum atomic E-state index is 5.58. The fraction of sp³-hybridized carbons (Fsp3) is 0.714. The topological polar surface area (TPSA) is 59.1 Å². The highest BCUT2D eigenvalue weighted by molar-refractivity contribution is 5.29. The average Bonchev–Trinajstić information content (AvgIpc) is 2.39. The molecule has 0 radical (unpaired) electrons. The molecule has 1 aliphatic rings. The van der Waals surface area contributed by atoms with Crippen LogP contribution in [0.25, 0.3) is 0 Å². The fourth-order valence-electron chi connectivity index (χ4n) is 2.35. The lowest BCUT2D eigenvalue weighted by Gasteiger charge is -2.28. The summed E-state index contributed by atoms with van der Waals surface area (Å²) in [6, 6.07) is 2.15. The van der Waals surface area contributed by atoms with Crippen molar-refractivity contribution in [2.75, 3.05) is 18.4 Å². The number of piperidine rings is 1. The van der Waals surface area contributed by atoms with Crippen LogP contribution in [0, 0.1) is 5.92 Å². The molecule has 0 spiro atoms. The van der Waals surface area contributed by atoms with Crippen LogP contribution < -0.4 is 15.4 Å². The van der Waals surface area contributed by atoms with Crippen LogP contribution in [-0.4, -0.2) is 35.2 Å². The lowest BCUT2D eigenvalue weighted by Crippen LogP contribution is -2.39. The van der Waals surface area contributed by atoms with Gasteiger partial charge >= 0.3 is 0 Å². The molecule has 2 heterocycles. The van der Waals surface area contributed by atoms with Gasteiger partial charge in [0.15, 0.2) is 0 Å². The lowest BCUT2D eigenvalue weighted by atomic mass is 9.93. The van der Waals surface area contributed by atoms with Crippen molar-refractivity contribution in [3.05, 3.63) is 12.3 Å². The van der Waals surface area contributed by atoms with E-state index in [2.05, 4.69) is 27.5 Å². The summed E-state index contributed by atoms with van der Waals surface area (Å²) >= 11 is 0. The van der Waals surface area contributed by atoms with E-state index in [0.29, 0.717) is 23.8 Å². The molecule has 1 aliphatic heterocycles. The number of anilines is 1. The van der Waals surface area contributed by atoms with Crippen LogP contribution in [0.1, 0.15) is 33.6 Å². The maximum absolute atomic E-state index is 5.58. The number of hydrogen-bond acceptors (Lipinski definition) is 5. The van der Waals surface area contributed by atoms with Gasteiger partial charge in [-0.05, 0) is 52.6 Å². The van der Waals surface area contributed by atoms with Crippen molar-refractivity contribution in [2.24, 2.45) is 5.92 Å². The van der Waals surface area contributed by atoms with Crippen LogP contribution in [0.4, 0.5) is 5.95 Å². The molecule has 0 bridgehead atoms. The Hall–Kier alpha value is -1.36. The van der Waals surface area contributed by atoms with Crippen LogP contribution in [0.5, 0.6) is 5.88 Å². The van der Waals surface area contributed by atoms with E-state index >= 15 is 0 Å². The first-order chi connectivity index (χ1) is 9.15. The normalized spacial score (nSPS) is 21.2. The fourth-order valence-corrected chi connectivity index (χ4v) is 2.35. The molecular formula is C14H24N4O. The van der Waals surface area contributed by atoms with Crippen molar-refractivity contribution in [1.82, 2.24) is 15.3 Å². The highest BCUT2D eigenvalue weighted by Gasteiger charge is 2.20. The molecule has 0 amide bonds. The van der Waals surface area contributed by atoms with Gasteiger partial charge in [-0.1, -0.05) is 0 Å². The van der Waals surface area contributed by atoms with Crippen molar-refractivity contribution < 1.29 is 4.74 Å². The minimum Gasteiger partial charge on any atom is -0.475 e. The van der Waals surface area contributed by atoms with Crippen molar-refractivity contribution in [3.8, 4) is 5.88 Å². The third kappa shape index (κ3) is 4.35. The number of hydrogen-bond donors (Lipinski definition) is 2. The largest absolute Gasteiger partial charge is 0.475 e. The van der Waals surface area contributed by atoms with Crippen molar-refractivity contribution in [2.45, 2.75) is 45.8 Å². The monoisotopic (exact) mass is 264 g/mol. The summed E-state index contributed by atoms with van der Waals surface area (Å²) in [7, 11) is 0. The third-order valence-corrected chi connectivity index (χ3v) is 3.39. The van der Waals surface area contributed by atoms with Gasteiger partial charge in [0.25, 0.3) is 0 Å². The molecule has 2 rings (SSSR count). The van der Waals surface area contributed by atoms with Crippen molar-refractivity contribution >= 4 is 5.95 Å². The second-order valence-electron chi connectivity index (χ2n) is 5.42. The molecule has 2 unspecified atom stereocenters. The second kappa shape index (κ2) is 6.70. The van der Waals surface area contributed by atoms with Crippen LogP contribution in [0.3, 0.4) is 0 Å². The number of aromatic nitrogens is 2. The van der Waals surface area contributed by atoms with Gasteiger partial charge in [-0.25, -0.2) is 4.98 Å². The summed E-state index contributed by atoms with van der Waals surface area (Å²) in [6.07, 6.45) is 4.36. The Labute approximate surface area is 115 Å². The highest BCUT2D eigenvalue weighted by atomic mass is 16.5. The van der Waals surface area contributed by atoms with Crippen LogP contribution >= 0.6 is 0 Å². The average molecular weight is 264 g/mol. The Balaban J connectivity index is 1.93. The second-order valence-corrected chi connectivity index (χ2v) is 5.42. The molecule has 5 heteroatoms. The van der Waals surface area contributed by atoms with E-state index in [0.717, 1.165) is 13.1 Å². The van der Waals surface area contributed by atoms with Gasteiger partial charge in [-0.15, -0.1) is 0 Å². The first-order valence-corrected chi connectivity index (χ1v) is 7.12. The first-order valence-electron chi connectivity index (χ1n) is 7.12. The van der Waals surface area contributed by atoms with Crippen molar-refractivity contribution in [3.63, 3.8) is 0 Å². The van der Waals surface area contributed by atoms with Crippen LogP contribution in [0.15, 0.2) is 12.3 Å². The molecule has 1 aromatic heterocycles. The molecule has 106 valence electrons. The Morgan fingerprint density at radius 3 is 2.95 bits per heavy atom. The number of nitrogens with zero attached hydrogens (tertiary/aromatic N) is 2. The summed E-state index contributed by atoms with van der Waals surface area (Å²) in [4.78, 5) is 8.64. The SMILES string of the molecule is CC(C)Oc1ccnc(NC(C)C2CCCNC2)n1.